The van der Waals surface area contributed by atoms with E-state index < -0.39 is 80.9 Å². The molecular weight excluding hydrogens is 626 g/mol. The highest BCUT2D eigenvalue weighted by Gasteiger charge is 2.35. The number of phenolic OH excluding ortho intramolecular Hbond substituents is 2. The van der Waals surface area contributed by atoms with Crippen LogP contribution in [0.15, 0.2) is 54.8 Å². The summed E-state index contributed by atoms with van der Waals surface area (Å²) in [6.07, 6.45) is -0.377. The van der Waals surface area contributed by atoms with E-state index >= 15 is 0 Å². The fraction of sp³-hybridized carbons (Fsp3) is 0.143. The van der Waals surface area contributed by atoms with Crippen LogP contribution in [0.5, 0.6) is 11.5 Å². The Morgan fingerprint density at radius 2 is 1.15 bits per heavy atom. The Morgan fingerprint density at radius 1 is 0.674 bits per heavy atom. The summed E-state index contributed by atoms with van der Waals surface area (Å²) in [6.45, 7) is 0. The van der Waals surface area contributed by atoms with Crippen LogP contribution in [0.4, 0.5) is 8.78 Å². The van der Waals surface area contributed by atoms with Crippen LogP contribution in [0.25, 0.3) is 21.9 Å². The molecule has 4 aromatic rings. The number of rotatable bonds is 4. The number of fused-ring (bicyclic) bond motifs is 2. The predicted octanol–water partition coefficient (Wildman–Crippen LogP) is 1.72. The second-order valence-electron chi connectivity index (χ2n) is 9.48. The Labute approximate surface area is 251 Å². The number of benzene rings is 2. The molecule has 2 aliphatic heterocycles. The van der Waals surface area contributed by atoms with E-state index in [2.05, 4.69) is 14.1 Å². The second kappa shape index (κ2) is 11.9. The zero-order valence-electron chi connectivity index (χ0n) is 22.7. The molecule has 0 unspecified atom stereocenters. The first-order chi connectivity index (χ1) is 21.7. The maximum Gasteiger partial charge on any atom is 0.371 e. The van der Waals surface area contributed by atoms with Crippen LogP contribution in [-0.2, 0) is 28.9 Å². The van der Waals surface area contributed by atoms with Gasteiger partial charge in [-0.3, -0.25) is 19.2 Å². The van der Waals surface area contributed by atoms with Gasteiger partial charge in [-0.2, -0.15) is 4.39 Å². The lowest BCUT2D eigenvalue weighted by Crippen LogP contribution is -2.33. The average Bonchev–Trinajstić information content (AvgIpc) is 3.50. The molecule has 0 bridgehead atoms. The van der Waals surface area contributed by atoms with Gasteiger partial charge < -0.3 is 28.7 Å². The van der Waals surface area contributed by atoms with Gasteiger partial charge in [0.2, 0.25) is 5.82 Å². The van der Waals surface area contributed by atoms with Gasteiger partial charge in [-0.05, 0) is 30.3 Å². The van der Waals surface area contributed by atoms with E-state index in [1.807, 2.05) is 0 Å². The number of aromatic hydroxyl groups is 2. The van der Waals surface area contributed by atoms with Gasteiger partial charge in [-0.1, -0.05) is 0 Å². The van der Waals surface area contributed by atoms with Gasteiger partial charge in [0.1, 0.15) is 22.5 Å². The topological polar surface area (TPSA) is 228 Å². The van der Waals surface area contributed by atoms with Crippen LogP contribution >= 0.6 is 0 Å². The zero-order chi connectivity index (χ0) is 33.4. The molecule has 0 saturated carbocycles. The van der Waals surface area contributed by atoms with Crippen molar-refractivity contribution < 1.29 is 66.3 Å². The van der Waals surface area contributed by atoms with Gasteiger partial charge in [0.25, 0.3) is 23.6 Å². The van der Waals surface area contributed by atoms with Gasteiger partial charge in [-0.15, -0.1) is 10.1 Å². The largest absolute Gasteiger partial charge is 0.508 e. The summed E-state index contributed by atoms with van der Waals surface area (Å²) in [4.78, 5) is 102. The van der Waals surface area contributed by atoms with Crippen molar-refractivity contribution in [2.24, 2.45) is 0 Å². The molecule has 2 aromatic carbocycles. The molecule has 16 nitrogen and oxygen atoms in total. The lowest BCUT2D eigenvalue weighted by molar-refractivity contribution is -0.173. The Bertz CT molecular complexity index is 2100. The third kappa shape index (κ3) is 5.85. The molecule has 2 fully saturated rings. The smallest absolute Gasteiger partial charge is 0.371 e. The maximum atomic E-state index is 13.7. The van der Waals surface area contributed by atoms with Crippen molar-refractivity contribution in [1.29, 1.82) is 0 Å². The molecular formula is C28H16F2N2O14. The fourth-order valence-electron chi connectivity index (χ4n) is 4.15. The van der Waals surface area contributed by atoms with Crippen LogP contribution in [0.1, 0.15) is 46.4 Å². The van der Waals surface area contributed by atoms with Crippen molar-refractivity contribution >= 4 is 57.5 Å². The minimum absolute atomic E-state index is 0.0439. The summed E-state index contributed by atoms with van der Waals surface area (Å²) < 4.78 is 36.5. The lowest BCUT2D eigenvalue weighted by atomic mass is 10.1. The molecule has 0 spiro atoms. The Balaban J connectivity index is 0.000000182. The number of carbonyl (C=O) groups is 6. The van der Waals surface area contributed by atoms with Gasteiger partial charge in [0.05, 0.1) is 0 Å². The maximum absolute atomic E-state index is 13.7. The quantitative estimate of drug-likeness (QED) is 0.239. The van der Waals surface area contributed by atoms with Crippen molar-refractivity contribution in [3.05, 3.63) is 80.0 Å². The summed E-state index contributed by atoms with van der Waals surface area (Å²) in [5.74, 6) is -9.66. The third-order valence-corrected chi connectivity index (χ3v) is 6.41. The Hall–Kier alpha value is -6.46. The van der Waals surface area contributed by atoms with Crippen molar-refractivity contribution in [3.63, 3.8) is 0 Å². The normalized spacial score (nSPS) is 14.6. The molecule has 6 rings (SSSR count). The number of carbonyl (C=O) groups excluding carboxylic acids is 6. The third-order valence-electron chi connectivity index (χ3n) is 6.41. The number of hydroxylamine groups is 4. The van der Waals surface area contributed by atoms with E-state index in [-0.39, 0.29) is 47.5 Å². The van der Waals surface area contributed by atoms with Crippen LogP contribution in [0.2, 0.25) is 0 Å². The number of phenols is 2. The standard InChI is InChI=1S/C14H7F2NO7.C14H9NO7/c15-7-4-5-3-6(13(21)23-12(5)10(16)11(7)20)14(22)24-17-8(18)1-2-9(17)19;16-8-2-1-7-5-9(13(19)21-10(7)6-8)14(20)22-15-11(17)3-4-12(15)18/h3-4,20H,1-2H2;1-2,5-6,16H,3-4H2. The highest BCUT2D eigenvalue weighted by atomic mass is 19.1. The number of hydrogen-bond acceptors (Lipinski definition) is 14. The summed E-state index contributed by atoms with van der Waals surface area (Å²) >= 11 is 0. The first kappa shape index (κ1) is 31.0. The molecule has 236 valence electrons. The van der Waals surface area contributed by atoms with E-state index in [1.165, 1.54) is 24.3 Å². The van der Waals surface area contributed by atoms with Crippen molar-refractivity contribution in [2.45, 2.75) is 25.7 Å². The predicted molar refractivity (Wildman–Crippen MR) is 141 cm³/mol. The van der Waals surface area contributed by atoms with E-state index in [0.717, 1.165) is 6.07 Å². The molecule has 4 amide bonds. The number of halogens is 2. The molecule has 18 heteroatoms. The van der Waals surface area contributed by atoms with Crippen LogP contribution in [0.3, 0.4) is 0 Å². The van der Waals surface area contributed by atoms with Gasteiger partial charge >= 0.3 is 23.2 Å². The highest BCUT2D eigenvalue weighted by Crippen LogP contribution is 2.28. The van der Waals surface area contributed by atoms with Crippen LogP contribution in [0, 0.1) is 11.6 Å². The van der Waals surface area contributed by atoms with Gasteiger partial charge in [0.15, 0.2) is 17.1 Å². The molecule has 4 heterocycles. The zero-order valence-corrected chi connectivity index (χ0v) is 22.7. The van der Waals surface area contributed by atoms with Crippen LogP contribution in [-0.4, -0.2) is 55.9 Å². The second-order valence-corrected chi connectivity index (χ2v) is 9.48. The number of nitrogens with zero attached hydrogens (tertiary/aromatic N) is 2. The average molecular weight is 642 g/mol. The molecule has 2 aromatic heterocycles. The Kier molecular flexibility index (Phi) is 8.02. The fourth-order valence-corrected chi connectivity index (χ4v) is 4.15. The first-order valence-electron chi connectivity index (χ1n) is 12.8. The molecule has 2 saturated heterocycles. The monoisotopic (exact) mass is 642 g/mol. The van der Waals surface area contributed by atoms with E-state index in [0.29, 0.717) is 16.5 Å². The SMILES string of the molecule is O=C(ON1C(=O)CCC1=O)c1cc2cc(F)c(O)c(F)c2oc1=O.O=C(ON1C(=O)CCC1=O)c1cc2ccc(O)cc2oc1=O. The molecule has 0 atom stereocenters. The van der Waals surface area contributed by atoms with Crippen molar-refractivity contribution in [3.8, 4) is 11.5 Å². The molecule has 0 aliphatic carbocycles. The lowest BCUT2D eigenvalue weighted by Gasteiger charge is -2.12. The molecule has 2 N–H and O–H groups in total. The minimum Gasteiger partial charge on any atom is -0.508 e. The van der Waals surface area contributed by atoms with E-state index in [4.69, 9.17) is 9.52 Å². The number of hydrogen-bond donors (Lipinski definition) is 2. The summed E-state index contributed by atoms with van der Waals surface area (Å²) in [5.41, 5.74) is -4.25. The van der Waals surface area contributed by atoms with Crippen molar-refractivity contribution in [1.82, 2.24) is 10.1 Å². The summed E-state index contributed by atoms with van der Waals surface area (Å²) in [5, 5.41) is 19.0. The molecule has 0 radical (unpaired) electrons. The molecule has 46 heavy (non-hydrogen) atoms. The number of imide groups is 2. The molecule has 2 aliphatic rings. The van der Waals surface area contributed by atoms with Gasteiger partial charge in [0, 0.05) is 42.5 Å². The first-order valence-corrected chi connectivity index (χ1v) is 12.8. The highest BCUT2D eigenvalue weighted by molar-refractivity contribution is 6.04. The van der Waals surface area contributed by atoms with Gasteiger partial charge in [-0.25, -0.2) is 23.6 Å². The summed E-state index contributed by atoms with van der Waals surface area (Å²) in [6, 6.07) is 6.62. The Morgan fingerprint density at radius 3 is 1.67 bits per heavy atom. The van der Waals surface area contributed by atoms with E-state index in [1.54, 1.807) is 0 Å². The minimum atomic E-state index is -1.51. The number of amides is 4. The van der Waals surface area contributed by atoms with Crippen LogP contribution < -0.4 is 11.3 Å². The summed E-state index contributed by atoms with van der Waals surface area (Å²) in [7, 11) is 0. The van der Waals surface area contributed by atoms with E-state index in [9.17, 15) is 52.2 Å². The van der Waals surface area contributed by atoms with Crippen molar-refractivity contribution in [2.75, 3.05) is 0 Å².